The fourth-order valence-corrected chi connectivity index (χ4v) is 1.50. The number of nitriles is 1. The zero-order valence-corrected chi connectivity index (χ0v) is 9.40. The summed E-state index contributed by atoms with van der Waals surface area (Å²) in [6, 6.07) is 3.46. The molecule has 7 heteroatoms. The summed E-state index contributed by atoms with van der Waals surface area (Å²) in [5, 5.41) is 8.69. The lowest BCUT2D eigenvalue weighted by Crippen LogP contribution is -2.08. The molecule has 1 atom stereocenters. The van der Waals surface area contributed by atoms with Crippen LogP contribution in [0.5, 0.6) is 0 Å². The van der Waals surface area contributed by atoms with Gasteiger partial charge in [-0.25, -0.2) is 4.39 Å². The molecule has 92 valence electrons. The third-order valence-corrected chi connectivity index (χ3v) is 2.30. The first kappa shape index (κ1) is 13.8. The lowest BCUT2D eigenvalue weighted by Gasteiger charge is -2.12. The predicted octanol–water partition coefficient (Wildman–Crippen LogP) is 3.70. The Hall–Kier alpha value is -1.26. The second-order valence-electron chi connectivity index (χ2n) is 3.01. The first-order valence-electron chi connectivity index (χ1n) is 4.36. The fourth-order valence-electron chi connectivity index (χ4n) is 1.16. The molecule has 0 fully saturated rings. The van der Waals surface area contributed by atoms with E-state index in [4.69, 9.17) is 9.44 Å². The molecule has 1 aromatic carbocycles. The Bertz CT molecular complexity index is 441. The molecule has 0 saturated heterocycles. The van der Waals surface area contributed by atoms with E-state index in [1.807, 2.05) is 0 Å². The van der Waals surface area contributed by atoms with E-state index >= 15 is 0 Å². The average molecular weight is 265 g/mol. The van der Waals surface area contributed by atoms with Gasteiger partial charge < -0.3 is 0 Å². The fraction of sp³-hybridized carbons (Fsp3) is 0.300. The standard InChI is InChI=1S/C10H7F4NOS/c1-17-16-9(5-15)7-4-6(10(12,13)14)2-3-8(7)11/h2-4,9H,1H3. The Kier molecular flexibility index (Phi) is 4.37. The van der Waals surface area contributed by atoms with Gasteiger partial charge in [0.05, 0.1) is 5.56 Å². The number of hydrogen-bond acceptors (Lipinski definition) is 3. The molecular formula is C10H7F4NOS. The molecule has 0 saturated carbocycles. The van der Waals surface area contributed by atoms with E-state index in [1.165, 1.54) is 6.26 Å². The molecule has 0 amide bonds. The van der Waals surface area contributed by atoms with Crippen molar-refractivity contribution >= 4 is 12.0 Å². The van der Waals surface area contributed by atoms with E-state index in [2.05, 4.69) is 0 Å². The first-order chi connectivity index (χ1) is 7.90. The quantitative estimate of drug-likeness (QED) is 0.617. The van der Waals surface area contributed by atoms with E-state index < -0.39 is 29.2 Å². The van der Waals surface area contributed by atoms with Crippen LogP contribution in [0.4, 0.5) is 17.6 Å². The van der Waals surface area contributed by atoms with Crippen molar-refractivity contribution in [2.45, 2.75) is 12.3 Å². The van der Waals surface area contributed by atoms with Gasteiger partial charge in [0.25, 0.3) is 0 Å². The molecule has 0 aliphatic heterocycles. The number of halogens is 4. The third kappa shape index (κ3) is 3.35. The molecule has 2 nitrogen and oxygen atoms in total. The molecule has 0 N–H and O–H groups in total. The van der Waals surface area contributed by atoms with Crippen LogP contribution in [0.15, 0.2) is 18.2 Å². The molecule has 1 rings (SSSR count). The minimum absolute atomic E-state index is 0.420. The molecule has 17 heavy (non-hydrogen) atoms. The minimum atomic E-state index is -4.58. The zero-order chi connectivity index (χ0) is 13.1. The van der Waals surface area contributed by atoms with Crippen molar-refractivity contribution in [1.82, 2.24) is 0 Å². The molecule has 0 aromatic heterocycles. The monoisotopic (exact) mass is 265 g/mol. The highest BCUT2D eigenvalue weighted by molar-refractivity contribution is 7.93. The minimum Gasteiger partial charge on any atom is -0.292 e. The second kappa shape index (κ2) is 5.38. The van der Waals surface area contributed by atoms with E-state index in [9.17, 15) is 17.6 Å². The summed E-state index contributed by atoms with van der Waals surface area (Å²) in [5.74, 6) is -0.904. The van der Waals surface area contributed by atoms with Gasteiger partial charge in [-0.05, 0) is 30.2 Å². The summed E-state index contributed by atoms with van der Waals surface area (Å²) in [5.41, 5.74) is -1.43. The van der Waals surface area contributed by atoms with E-state index in [0.717, 1.165) is 12.0 Å². The number of nitrogens with zero attached hydrogens (tertiary/aromatic N) is 1. The Morgan fingerprint density at radius 2 is 2.06 bits per heavy atom. The largest absolute Gasteiger partial charge is 0.416 e. The Labute approximate surface area is 99.4 Å². The van der Waals surface area contributed by atoms with Crippen molar-refractivity contribution in [3.63, 3.8) is 0 Å². The normalized spacial score (nSPS) is 13.2. The average Bonchev–Trinajstić information content (AvgIpc) is 2.25. The van der Waals surface area contributed by atoms with E-state index in [1.54, 1.807) is 6.07 Å². The maximum atomic E-state index is 13.3. The van der Waals surface area contributed by atoms with Crippen LogP contribution in [0, 0.1) is 17.1 Å². The van der Waals surface area contributed by atoms with Crippen molar-refractivity contribution < 1.29 is 21.7 Å². The van der Waals surface area contributed by atoms with Crippen molar-refractivity contribution in [3.05, 3.63) is 35.1 Å². The molecule has 0 heterocycles. The van der Waals surface area contributed by atoms with Gasteiger partial charge in [0, 0.05) is 11.8 Å². The molecule has 0 bridgehead atoms. The van der Waals surface area contributed by atoms with Crippen LogP contribution in [0.1, 0.15) is 17.2 Å². The zero-order valence-electron chi connectivity index (χ0n) is 8.58. The molecule has 0 spiro atoms. The first-order valence-corrected chi connectivity index (χ1v) is 5.51. The molecule has 1 aromatic rings. The van der Waals surface area contributed by atoms with E-state index in [-0.39, 0.29) is 0 Å². The van der Waals surface area contributed by atoms with Crippen LogP contribution < -0.4 is 0 Å². The summed E-state index contributed by atoms with van der Waals surface area (Å²) < 4.78 is 55.3. The molecular weight excluding hydrogens is 258 g/mol. The van der Waals surface area contributed by atoms with Gasteiger partial charge in [-0.15, -0.1) is 0 Å². The smallest absolute Gasteiger partial charge is 0.292 e. The predicted molar refractivity (Wildman–Crippen MR) is 54.4 cm³/mol. The van der Waals surface area contributed by atoms with Gasteiger partial charge in [0.15, 0.2) is 6.10 Å². The highest BCUT2D eigenvalue weighted by atomic mass is 32.2. The lowest BCUT2D eigenvalue weighted by atomic mass is 10.1. The Morgan fingerprint density at radius 1 is 1.41 bits per heavy atom. The van der Waals surface area contributed by atoms with Crippen molar-refractivity contribution in [2.24, 2.45) is 0 Å². The number of rotatable bonds is 3. The van der Waals surface area contributed by atoms with Gasteiger partial charge >= 0.3 is 6.18 Å². The van der Waals surface area contributed by atoms with Crippen LogP contribution in [-0.4, -0.2) is 6.26 Å². The highest BCUT2D eigenvalue weighted by Crippen LogP contribution is 2.33. The van der Waals surface area contributed by atoms with Gasteiger partial charge in [0.1, 0.15) is 11.9 Å². The summed E-state index contributed by atoms with van der Waals surface area (Å²) in [7, 11) is 0. The summed E-state index contributed by atoms with van der Waals surface area (Å²) in [6.45, 7) is 0. The molecule has 0 radical (unpaired) electrons. The molecule has 0 aliphatic carbocycles. The van der Waals surface area contributed by atoms with Crippen molar-refractivity contribution in [2.75, 3.05) is 6.26 Å². The summed E-state index contributed by atoms with van der Waals surface area (Å²) in [6.07, 6.45) is -4.47. The maximum absolute atomic E-state index is 13.3. The number of hydrogen-bond donors (Lipinski definition) is 0. The van der Waals surface area contributed by atoms with Crippen LogP contribution in [0.3, 0.4) is 0 Å². The van der Waals surface area contributed by atoms with Gasteiger partial charge in [-0.3, -0.25) is 4.18 Å². The molecule has 1 unspecified atom stereocenters. The van der Waals surface area contributed by atoms with Gasteiger partial charge in [-0.1, -0.05) is 0 Å². The summed E-state index contributed by atoms with van der Waals surface area (Å²) in [4.78, 5) is 0. The van der Waals surface area contributed by atoms with Crippen molar-refractivity contribution in [3.8, 4) is 6.07 Å². The highest BCUT2D eigenvalue weighted by Gasteiger charge is 2.32. The molecule has 0 aliphatic rings. The Morgan fingerprint density at radius 3 is 2.53 bits per heavy atom. The van der Waals surface area contributed by atoms with Gasteiger partial charge in [0.2, 0.25) is 0 Å². The van der Waals surface area contributed by atoms with Crippen LogP contribution >= 0.6 is 12.0 Å². The van der Waals surface area contributed by atoms with E-state index in [0.29, 0.717) is 18.2 Å². The lowest BCUT2D eigenvalue weighted by molar-refractivity contribution is -0.137. The van der Waals surface area contributed by atoms with Crippen molar-refractivity contribution in [1.29, 1.82) is 5.26 Å². The number of alkyl halides is 3. The number of benzene rings is 1. The summed E-state index contributed by atoms with van der Waals surface area (Å²) >= 11 is 0.781. The Balaban J connectivity index is 3.19. The SMILES string of the molecule is CSOC(C#N)c1cc(C(F)(F)F)ccc1F. The second-order valence-corrected chi connectivity index (χ2v) is 3.53. The maximum Gasteiger partial charge on any atom is 0.416 e. The topological polar surface area (TPSA) is 33.0 Å². The third-order valence-electron chi connectivity index (χ3n) is 1.92. The van der Waals surface area contributed by atoms with Gasteiger partial charge in [-0.2, -0.15) is 18.4 Å². The van der Waals surface area contributed by atoms with Crippen LogP contribution in [0.25, 0.3) is 0 Å². The van der Waals surface area contributed by atoms with Crippen LogP contribution in [0.2, 0.25) is 0 Å². The van der Waals surface area contributed by atoms with Crippen LogP contribution in [-0.2, 0) is 10.4 Å².